The van der Waals surface area contributed by atoms with Gasteiger partial charge < -0.3 is 10.1 Å². The first-order valence-electron chi connectivity index (χ1n) is 5.60. The first kappa shape index (κ1) is 11.5. The molecule has 0 fully saturated rings. The summed E-state index contributed by atoms with van der Waals surface area (Å²) in [5.74, 6) is -0.427. The number of aromatic carboxylic acids is 1. The van der Waals surface area contributed by atoms with E-state index in [1.54, 1.807) is 6.20 Å². The van der Waals surface area contributed by atoms with Crippen molar-refractivity contribution >= 4 is 5.97 Å². The van der Waals surface area contributed by atoms with Crippen LogP contribution in [0.4, 0.5) is 0 Å². The molecular formula is C14H15NO2. The Kier molecular flexibility index (Phi) is 3.00. The molecule has 0 aliphatic heterocycles. The van der Waals surface area contributed by atoms with E-state index in [2.05, 4.69) is 18.8 Å². The van der Waals surface area contributed by atoms with Crippen LogP contribution in [0.25, 0.3) is 11.1 Å². The standard InChI is InChI=1S/C14H15NO2/c1-9(2)10-3-5-11(6-4-10)12-7-15-8-13(12)14(16)17/h3-9,15H,1-2H3,(H,16,17). The van der Waals surface area contributed by atoms with Gasteiger partial charge in [-0.25, -0.2) is 4.79 Å². The molecule has 0 spiro atoms. The van der Waals surface area contributed by atoms with E-state index in [0.717, 1.165) is 11.1 Å². The smallest absolute Gasteiger partial charge is 0.337 e. The molecule has 0 amide bonds. The van der Waals surface area contributed by atoms with Crippen molar-refractivity contribution < 1.29 is 9.90 Å². The van der Waals surface area contributed by atoms with E-state index in [4.69, 9.17) is 5.11 Å². The minimum atomic E-state index is -0.908. The van der Waals surface area contributed by atoms with Gasteiger partial charge in [-0.2, -0.15) is 0 Å². The van der Waals surface area contributed by atoms with Crippen LogP contribution in [0.2, 0.25) is 0 Å². The summed E-state index contributed by atoms with van der Waals surface area (Å²) in [7, 11) is 0. The molecule has 2 N–H and O–H groups in total. The lowest BCUT2D eigenvalue weighted by molar-refractivity contribution is 0.0698. The fourth-order valence-electron chi connectivity index (χ4n) is 1.83. The number of hydrogen-bond donors (Lipinski definition) is 2. The van der Waals surface area contributed by atoms with Gasteiger partial charge >= 0.3 is 5.97 Å². The van der Waals surface area contributed by atoms with Crippen LogP contribution in [0.15, 0.2) is 36.7 Å². The molecule has 0 aliphatic carbocycles. The predicted octanol–water partition coefficient (Wildman–Crippen LogP) is 3.50. The van der Waals surface area contributed by atoms with Crippen molar-refractivity contribution in [2.24, 2.45) is 0 Å². The molecule has 1 aromatic carbocycles. The maximum absolute atomic E-state index is 11.0. The van der Waals surface area contributed by atoms with Crippen LogP contribution >= 0.6 is 0 Å². The molecule has 3 heteroatoms. The van der Waals surface area contributed by atoms with Crippen LogP contribution < -0.4 is 0 Å². The summed E-state index contributed by atoms with van der Waals surface area (Å²) in [5, 5.41) is 9.04. The SMILES string of the molecule is CC(C)c1ccc(-c2c[nH]cc2C(=O)O)cc1. The zero-order chi connectivity index (χ0) is 12.4. The summed E-state index contributed by atoms with van der Waals surface area (Å²) >= 11 is 0. The Morgan fingerprint density at radius 3 is 2.35 bits per heavy atom. The largest absolute Gasteiger partial charge is 0.478 e. The van der Waals surface area contributed by atoms with Crippen LogP contribution in [0.1, 0.15) is 35.7 Å². The Hall–Kier alpha value is -2.03. The molecule has 0 unspecified atom stereocenters. The number of hydrogen-bond acceptors (Lipinski definition) is 1. The number of rotatable bonds is 3. The molecule has 0 saturated heterocycles. The first-order chi connectivity index (χ1) is 8.09. The summed E-state index contributed by atoms with van der Waals surface area (Å²) in [6.07, 6.45) is 3.22. The fourth-order valence-corrected chi connectivity index (χ4v) is 1.83. The van der Waals surface area contributed by atoms with Crippen molar-refractivity contribution in [1.29, 1.82) is 0 Å². The third-order valence-corrected chi connectivity index (χ3v) is 2.86. The van der Waals surface area contributed by atoms with E-state index in [1.807, 2.05) is 24.3 Å². The second-order valence-corrected chi connectivity index (χ2v) is 4.36. The number of carboxylic acid groups (broad SMARTS) is 1. The van der Waals surface area contributed by atoms with Gasteiger partial charge in [-0.3, -0.25) is 0 Å². The average Bonchev–Trinajstić information content (AvgIpc) is 2.78. The quantitative estimate of drug-likeness (QED) is 0.846. The maximum atomic E-state index is 11.0. The molecule has 1 heterocycles. The molecule has 0 bridgehead atoms. The normalized spacial score (nSPS) is 10.8. The monoisotopic (exact) mass is 229 g/mol. The molecule has 0 aliphatic rings. The molecule has 17 heavy (non-hydrogen) atoms. The lowest BCUT2D eigenvalue weighted by atomic mass is 9.98. The fraction of sp³-hybridized carbons (Fsp3) is 0.214. The number of aromatic nitrogens is 1. The molecule has 3 nitrogen and oxygen atoms in total. The number of nitrogens with one attached hydrogen (secondary N) is 1. The van der Waals surface area contributed by atoms with E-state index in [1.165, 1.54) is 11.8 Å². The highest BCUT2D eigenvalue weighted by atomic mass is 16.4. The number of carboxylic acids is 1. The molecule has 0 atom stereocenters. The van der Waals surface area contributed by atoms with Crippen molar-refractivity contribution in [2.75, 3.05) is 0 Å². The van der Waals surface area contributed by atoms with Crippen LogP contribution in [-0.2, 0) is 0 Å². The van der Waals surface area contributed by atoms with Crippen molar-refractivity contribution in [3.8, 4) is 11.1 Å². The third kappa shape index (κ3) is 2.23. The maximum Gasteiger partial charge on any atom is 0.337 e. The highest BCUT2D eigenvalue weighted by molar-refractivity contribution is 5.95. The first-order valence-corrected chi connectivity index (χ1v) is 5.60. The topological polar surface area (TPSA) is 53.1 Å². The van der Waals surface area contributed by atoms with Gasteiger partial charge in [0.1, 0.15) is 0 Å². The van der Waals surface area contributed by atoms with Crippen molar-refractivity contribution in [2.45, 2.75) is 19.8 Å². The minimum absolute atomic E-state index is 0.308. The van der Waals surface area contributed by atoms with Crippen LogP contribution in [0.3, 0.4) is 0 Å². The lowest BCUT2D eigenvalue weighted by Crippen LogP contribution is -1.96. The number of H-pyrrole nitrogens is 1. The minimum Gasteiger partial charge on any atom is -0.478 e. The summed E-state index contributed by atoms with van der Waals surface area (Å²) in [6.45, 7) is 4.27. The Labute approximate surface area is 100 Å². The van der Waals surface area contributed by atoms with E-state index >= 15 is 0 Å². The Balaban J connectivity index is 2.40. The summed E-state index contributed by atoms with van der Waals surface area (Å²) in [5.41, 5.74) is 3.21. The molecule has 2 rings (SSSR count). The van der Waals surface area contributed by atoms with Crippen molar-refractivity contribution in [3.63, 3.8) is 0 Å². The average molecular weight is 229 g/mol. The Bertz CT molecular complexity index is 523. The van der Waals surface area contributed by atoms with Crippen LogP contribution in [0, 0.1) is 0 Å². The van der Waals surface area contributed by atoms with Gasteiger partial charge in [0.15, 0.2) is 0 Å². The summed E-state index contributed by atoms with van der Waals surface area (Å²) < 4.78 is 0. The van der Waals surface area contributed by atoms with E-state index in [9.17, 15) is 4.79 Å². The molecule has 1 aromatic heterocycles. The van der Waals surface area contributed by atoms with Crippen molar-refractivity contribution in [1.82, 2.24) is 4.98 Å². The Morgan fingerprint density at radius 2 is 1.82 bits per heavy atom. The van der Waals surface area contributed by atoms with Gasteiger partial charge in [-0.15, -0.1) is 0 Å². The van der Waals surface area contributed by atoms with Crippen molar-refractivity contribution in [3.05, 3.63) is 47.8 Å². The van der Waals surface area contributed by atoms with E-state index in [0.29, 0.717) is 11.5 Å². The van der Waals surface area contributed by atoms with Gasteiger partial charge in [-0.1, -0.05) is 38.1 Å². The van der Waals surface area contributed by atoms with Gasteiger partial charge in [0, 0.05) is 18.0 Å². The second-order valence-electron chi connectivity index (χ2n) is 4.36. The van der Waals surface area contributed by atoms with Gasteiger partial charge in [-0.05, 0) is 17.0 Å². The summed E-state index contributed by atoms with van der Waals surface area (Å²) in [6, 6.07) is 8.01. The number of aromatic amines is 1. The van der Waals surface area contributed by atoms with Crippen LogP contribution in [-0.4, -0.2) is 16.1 Å². The van der Waals surface area contributed by atoms with Gasteiger partial charge in [0.25, 0.3) is 0 Å². The molecular weight excluding hydrogens is 214 g/mol. The second kappa shape index (κ2) is 4.45. The highest BCUT2D eigenvalue weighted by Crippen LogP contribution is 2.25. The number of benzene rings is 1. The van der Waals surface area contributed by atoms with Gasteiger partial charge in [0.2, 0.25) is 0 Å². The predicted molar refractivity (Wildman–Crippen MR) is 67.3 cm³/mol. The zero-order valence-electron chi connectivity index (χ0n) is 9.90. The lowest BCUT2D eigenvalue weighted by Gasteiger charge is -2.06. The Morgan fingerprint density at radius 1 is 1.18 bits per heavy atom. The molecule has 0 saturated carbocycles. The highest BCUT2D eigenvalue weighted by Gasteiger charge is 2.12. The zero-order valence-corrected chi connectivity index (χ0v) is 9.90. The van der Waals surface area contributed by atoms with Gasteiger partial charge in [0.05, 0.1) is 5.56 Å². The third-order valence-electron chi connectivity index (χ3n) is 2.86. The summed E-state index contributed by atoms with van der Waals surface area (Å²) in [4.78, 5) is 13.8. The molecule has 88 valence electrons. The number of carbonyl (C=O) groups is 1. The molecule has 0 radical (unpaired) electrons. The van der Waals surface area contributed by atoms with Crippen LogP contribution in [0.5, 0.6) is 0 Å². The molecule has 2 aromatic rings. The van der Waals surface area contributed by atoms with E-state index in [-0.39, 0.29) is 0 Å². The van der Waals surface area contributed by atoms with E-state index < -0.39 is 5.97 Å².